The molecule has 0 unspecified atom stereocenters. The summed E-state index contributed by atoms with van der Waals surface area (Å²) in [6, 6.07) is 3.70. The van der Waals surface area contributed by atoms with Gasteiger partial charge in [0.25, 0.3) is 0 Å². The molecule has 2 aliphatic rings. The zero-order valence-corrected chi connectivity index (χ0v) is 11.3. The maximum Gasteiger partial charge on any atom is 0.307 e. The summed E-state index contributed by atoms with van der Waals surface area (Å²) in [5, 5.41) is 8.99. The highest BCUT2D eigenvalue weighted by Gasteiger charge is 2.50. The fraction of sp³-hybridized carbons (Fsp3) is 0.600. The Morgan fingerprint density at radius 3 is 2.75 bits per heavy atom. The first-order valence-electron chi connectivity index (χ1n) is 7.25. The van der Waals surface area contributed by atoms with Gasteiger partial charge in [-0.15, -0.1) is 0 Å². The van der Waals surface area contributed by atoms with E-state index in [2.05, 4.69) is 0 Å². The minimum absolute atomic E-state index is 0.0132. The molecule has 20 heavy (non-hydrogen) atoms. The third-order valence-corrected chi connectivity index (χ3v) is 4.33. The molecule has 3 atom stereocenters. The van der Waals surface area contributed by atoms with Gasteiger partial charge in [0.2, 0.25) is 5.91 Å². The van der Waals surface area contributed by atoms with Gasteiger partial charge in [-0.3, -0.25) is 9.59 Å². The highest BCUT2D eigenvalue weighted by Crippen LogP contribution is 2.42. The molecule has 1 aromatic heterocycles. The predicted octanol–water partition coefficient (Wildman–Crippen LogP) is 2.44. The van der Waals surface area contributed by atoms with Crippen LogP contribution >= 0.6 is 0 Å². The number of carbonyl (C=O) groups excluding carboxylic acids is 1. The van der Waals surface area contributed by atoms with Gasteiger partial charge in [0.1, 0.15) is 5.76 Å². The van der Waals surface area contributed by atoms with Gasteiger partial charge in [0.15, 0.2) is 0 Å². The van der Waals surface area contributed by atoms with E-state index in [0.29, 0.717) is 13.0 Å². The Labute approximate surface area is 117 Å². The van der Waals surface area contributed by atoms with Crippen molar-refractivity contribution in [1.29, 1.82) is 0 Å². The Balaban J connectivity index is 1.77. The number of amides is 1. The van der Waals surface area contributed by atoms with E-state index in [0.717, 1.165) is 31.4 Å². The van der Waals surface area contributed by atoms with Gasteiger partial charge in [-0.2, -0.15) is 0 Å². The molecule has 1 aliphatic heterocycles. The second-order valence-electron chi connectivity index (χ2n) is 5.70. The van der Waals surface area contributed by atoms with E-state index in [1.807, 2.05) is 17.0 Å². The van der Waals surface area contributed by atoms with Gasteiger partial charge >= 0.3 is 5.97 Å². The van der Waals surface area contributed by atoms with Crippen LogP contribution in [0.15, 0.2) is 22.8 Å². The molecular weight excluding hydrogens is 258 g/mol. The number of aliphatic carboxylic acids is 1. The Morgan fingerprint density at radius 2 is 2.10 bits per heavy atom. The summed E-state index contributed by atoms with van der Waals surface area (Å²) >= 11 is 0. The SMILES string of the molecule is O=C(O)[C@@H]1C[C@H]1C(=O)N1CCCCC[C@H]1c1ccco1. The Hall–Kier alpha value is -1.78. The number of furan rings is 1. The first-order chi connectivity index (χ1) is 9.68. The summed E-state index contributed by atoms with van der Waals surface area (Å²) in [5.41, 5.74) is 0. The fourth-order valence-corrected chi connectivity index (χ4v) is 3.10. The second-order valence-corrected chi connectivity index (χ2v) is 5.70. The predicted molar refractivity (Wildman–Crippen MR) is 70.9 cm³/mol. The van der Waals surface area contributed by atoms with Crippen molar-refractivity contribution in [3.8, 4) is 0 Å². The molecule has 3 rings (SSSR count). The highest BCUT2D eigenvalue weighted by atomic mass is 16.4. The molecule has 0 bridgehead atoms. The first-order valence-corrected chi connectivity index (χ1v) is 7.25. The third-order valence-electron chi connectivity index (χ3n) is 4.33. The molecule has 0 spiro atoms. The lowest BCUT2D eigenvalue weighted by atomic mass is 10.1. The third kappa shape index (κ3) is 2.44. The minimum Gasteiger partial charge on any atom is -0.481 e. The highest BCUT2D eigenvalue weighted by molar-refractivity contribution is 5.89. The van der Waals surface area contributed by atoms with Crippen LogP contribution in [0.2, 0.25) is 0 Å². The average Bonchev–Trinajstić information content (AvgIpc) is 3.14. The average molecular weight is 277 g/mol. The van der Waals surface area contributed by atoms with Crippen molar-refractivity contribution >= 4 is 11.9 Å². The topological polar surface area (TPSA) is 70.8 Å². The summed E-state index contributed by atoms with van der Waals surface area (Å²) in [6.45, 7) is 0.701. The van der Waals surface area contributed by atoms with Crippen LogP contribution in [0.4, 0.5) is 0 Å². The zero-order chi connectivity index (χ0) is 14.1. The number of carboxylic acid groups (broad SMARTS) is 1. The van der Waals surface area contributed by atoms with Crippen molar-refractivity contribution in [2.75, 3.05) is 6.54 Å². The van der Waals surface area contributed by atoms with Crippen LogP contribution in [0.25, 0.3) is 0 Å². The Kier molecular flexibility index (Phi) is 3.51. The largest absolute Gasteiger partial charge is 0.481 e. The number of hydrogen-bond acceptors (Lipinski definition) is 3. The molecule has 1 saturated heterocycles. The van der Waals surface area contributed by atoms with Crippen LogP contribution in [0.5, 0.6) is 0 Å². The molecular formula is C15H19NO4. The number of nitrogens with zero attached hydrogens (tertiary/aromatic N) is 1. The van der Waals surface area contributed by atoms with E-state index in [1.165, 1.54) is 0 Å². The molecule has 2 fully saturated rings. The maximum atomic E-state index is 12.6. The first kappa shape index (κ1) is 13.2. The number of hydrogen-bond donors (Lipinski definition) is 1. The Morgan fingerprint density at radius 1 is 1.25 bits per heavy atom. The zero-order valence-electron chi connectivity index (χ0n) is 11.3. The second kappa shape index (κ2) is 5.31. The van der Waals surface area contributed by atoms with Crippen LogP contribution in [-0.2, 0) is 9.59 Å². The molecule has 1 N–H and O–H groups in total. The van der Waals surface area contributed by atoms with E-state index in [9.17, 15) is 9.59 Å². The van der Waals surface area contributed by atoms with Crippen molar-refractivity contribution in [2.45, 2.75) is 38.1 Å². The minimum atomic E-state index is -0.854. The van der Waals surface area contributed by atoms with Crippen molar-refractivity contribution < 1.29 is 19.1 Å². The monoisotopic (exact) mass is 277 g/mol. The summed E-state index contributed by atoms with van der Waals surface area (Å²) in [7, 11) is 0. The van der Waals surface area contributed by atoms with Crippen LogP contribution < -0.4 is 0 Å². The van der Waals surface area contributed by atoms with E-state index >= 15 is 0 Å². The van der Waals surface area contributed by atoms with Gasteiger partial charge in [-0.1, -0.05) is 12.8 Å². The quantitative estimate of drug-likeness (QED) is 0.921. The fourth-order valence-electron chi connectivity index (χ4n) is 3.10. The molecule has 1 saturated carbocycles. The summed E-state index contributed by atoms with van der Waals surface area (Å²) in [4.78, 5) is 25.3. The number of carboxylic acids is 1. The molecule has 1 aliphatic carbocycles. The van der Waals surface area contributed by atoms with Crippen molar-refractivity contribution in [2.24, 2.45) is 11.8 Å². The van der Waals surface area contributed by atoms with Crippen LogP contribution in [0.3, 0.4) is 0 Å². The van der Waals surface area contributed by atoms with Gasteiger partial charge in [-0.05, 0) is 31.4 Å². The van der Waals surface area contributed by atoms with Crippen LogP contribution in [0.1, 0.15) is 43.9 Å². The van der Waals surface area contributed by atoms with Crippen molar-refractivity contribution in [3.05, 3.63) is 24.2 Å². The summed E-state index contributed by atoms with van der Waals surface area (Å²) in [5.74, 6) is -0.868. The van der Waals surface area contributed by atoms with E-state index in [-0.39, 0.29) is 17.9 Å². The lowest BCUT2D eigenvalue weighted by molar-refractivity contribution is -0.143. The van der Waals surface area contributed by atoms with Crippen molar-refractivity contribution in [1.82, 2.24) is 4.90 Å². The van der Waals surface area contributed by atoms with Gasteiger partial charge in [-0.25, -0.2) is 0 Å². The molecule has 108 valence electrons. The number of likely N-dealkylation sites (tertiary alicyclic amines) is 1. The molecule has 5 nitrogen and oxygen atoms in total. The van der Waals surface area contributed by atoms with Gasteiger partial charge in [0, 0.05) is 6.54 Å². The van der Waals surface area contributed by atoms with Crippen LogP contribution in [0, 0.1) is 11.8 Å². The molecule has 5 heteroatoms. The van der Waals surface area contributed by atoms with Gasteiger partial charge < -0.3 is 14.4 Å². The lowest BCUT2D eigenvalue weighted by Crippen LogP contribution is -2.36. The number of carbonyl (C=O) groups is 2. The smallest absolute Gasteiger partial charge is 0.307 e. The summed E-state index contributed by atoms with van der Waals surface area (Å²) in [6.07, 6.45) is 6.16. The summed E-state index contributed by atoms with van der Waals surface area (Å²) < 4.78 is 5.47. The molecule has 1 amide bonds. The lowest BCUT2D eigenvalue weighted by Gasteiger charge is -2.29. The number of rotatable bonds is 3. The standard InChI is InChI=1S/C15H19NO4/c17-14(10-9-11(10)15(18)19)16-7-3-1-2-5-12(16)13-6-4-8-20-13/h4,6,8,10-12H,1-3,5,7,9H2,(H,18,19)/t10-,11-,12+/m1/s1. The normalized spacial score (nSPS) is 29.8. The molecule has 2 heterocycles. The molecule has 0 aromatic carbocycles. The van der Waals surface area contributed by atoms with E-state index in [4.69, 9.17) is 9.52 Å². The maximum absolute atomic E-state index is 12.6. The van der Waals surface area contributed by atoms with Crippen LogP contribution in [-0.4, -0.2) is 28.4 Å². The van der Waals surface area contributed by atoms with E-state index in [1.54, 1.807) is 6.26 Å². The molecule has 1 aromatic rings. The van der Waals surface area contributed by atoms with Gasteiger partial charge in [0.05, 0.1) is 24.1 Å². The van der Waals surface area contributed by atoms with Crippen molar-refractivity contribution in [3.63, 3.8) is 0 Å². The Bertz CT molecular complexity index is 496. The molecule has 0 radical (unpaired) electrons. The van der Waals surface area contributed by atoms with E-state index < -0.39 is 11.9 Å².